The zero-order valence-corrected chi connectivity index (χ0v) is 16.0. The molecule has 4 heteroatoms. The lowest BCUT2D eigenvalue weighted by Crippen LogP contribution is -2.13. The fourth-order valence-electron chi connectivity index (χ4n) is 2.80. The summed E-state index contributed by atoms with van der Waals surface area (Å²) < 4.78 is 0. The van der Waals surface area contributed by atoms with E-state index >= 15 is 0 Å². The highest BCUT2D eigenvalue weighted by Crippen LogP contribution is 2.14. The van der Waals surface area contributed by atoms with Gasteiger partial charge < -0.3 is 10.8 Å². The fraction of sp³-hybridized carbons (Fsp3) is 0.619. The van der Waals surface area contributed by atoms with Crippen LogP contribution in [0.5, 0.6) is 0 Å². The van der Waals surface area contributed by atoms with Crippen molar-refractivity contribution in [1.82, 2.24) is 0 Å². The van der Waals surface area contributed by atoms with Crippen LogP contribution >= 0.6 is 0 Å². The number of nitrogen functional groups attached to an aromatic ring is 1. The molecule has 0 saturated carbocycles. The van der Waals surface area contributed by atoms with Crippen molar-refractivity contribution in [2.24, 2.45) is 5.73 Å². The Bertz CT molecular complexity index is 483. The summed E-state index contributed by atoms with van der Waals surface area (Å²) in [5.74, 6) is -0.641. The number of carboxylic acid groups (broad SMARTS) is 1. The molecule has 0 amide bonds. The van der Waals surface area contributed by atoms with Gasteiger partial charge in [0.1, 0.15) is 5.84 Å². The minimum Gasteiger partial charge on any atom is -0.481 e. The van der Waals surface area contributed by atoms with E-state index in [2.05, 4.69) is 13.0 Å². The summed E-state index contributed by atoms with van der Waals surface area (Å²) in [6, 6.07) is 8.05. The number of hydrogen-bond acceptors (Lipinski definition) is 2. The molecule has 0 unspecified atom stereocenters. The Morgan fingerprint density at radius 2 is 1.40 bits per heavy atom. The molecular formula is C21H36N2O2. The number of rotatable bonds is 12. The standard InChI is InChI=1S/C19H32N2.C2H4O2/c1-2-3-4-5-6-7-8-9-10-11-14-17-15-12-13-16-18(17)19(20)21;1-2(3)4/h12-13,15-16H,2-11,14H2,1H3,(H3,20,21);1H3,(H,3,4). The third kappa shape index (κ3) is 14.2. The second kappa shape index (κ2) is 15.7. The van der Waals surface area contributed by atoms with Gasteiger partial charge in [-0.15, -0.1) is 0 Å². The van der Waals surface area contributed by atoms with Gasteiger partial charge in [-0.05, 0) is 18.4 Å². The van der Waals surface area contributed by atoms with E-state index in [4.69, 9.17) is 21.0 Å². The normalized spacial score (nSPS) is 10.0. The van der Waals surface area contributed by atoms with Crippen molar-refractivity contribution in [3.63, 3.8) is 0 Å². The van der Waals surface area contributed by atoms with Crippen molar-refractivity contribution in [3.8, 4) is 0 Å². The van der Waals surface area contributed by atoms with Gasteiger partial charge in [0.2, 0.25) is 0 Å². The summed E-state index contributed by atoms with van der Waals surface area (Å²) in [7, 11) is 0. The third-order valence-electron chi connectivity index (χ3n) is 4.11. The first-order chi connectivity index (χ1) is 12.0. The predicted molar refractivity (Wildman–Crippen MR) is 106 cm³/mol. The smallest absolute Gasteiger partial charge is 0.300 e. The molecule has 0 aliphatic rings. The summed E-state index contributed by atoms with van der Waals surface area (Å²) in [6.45, 7) is 3.35. The second-order valence-corrected chi connectivity index (χ2v) is 6.52. The van der Waals surface area contributed by atoms with E-state index in [1.807, 2.05) is 18.2 Å². The van der Waals surface area contributed by atoms with Gasteiger partial charge in [-0.1, -0.05) is 89.0 Å². The molecule has 25 heavy (non-hydrogen) atoms. The molecule has 0 bridgehead atoms. The van der Waals surface area contributed by atoms with E-state index in [0.717, 1.165) is 18.9 Å². The molecular weight excluding hydrogens is 312 g/mol. The Labute approximate surface area is 153 Å². The van der Waals surface area contributed by atoms with E-state index in [1.54, 1.807) is 0 Å². The summed E-state index contributed by atoms with van der Waals surface area (Å²) in [6.07, 6.45) is 14.6. The summed E-state index contributed by atoms with van der Waals surface area (Å²) in [5.41, 5.74) is 7.75. The van der Waals surface area contributed by atoms with Gasteiger partial charge >= 0.3 is 0 Å². The second-order valence-electron chi connectivity index (χ2n) is 6.52. The molecule has 1 aromatic rings. The van der Waals surface area contributed by atoms with Gasteiger partial charge in [0.25, 0.3) is 5.97 Å². The Kier molecular flexibility index (Phi) is 14.5. The first-order valence-electron chi connectivity index (χ1n) is 9.60. The molecule has 0 saturated heterocycles. The molecule has 0 atom stereocenters. The van der Waals surface area contributed by atoms with Crippen LogP contribution in [0.4, 0.5) is 0 Å². The van der Waals surface area contributed by atoms with Crippen molar-refractivity contribution in [2.75, 3.05) is 0 Å². The molecule has 0 aromatic heterocycles. The quantitative estimate of drug-likeness (QED) is 0.264. The molecule has 0 aliphatic carbocycles. The van der Waals surface area contributed by atoms with E-state index in [0.29, 0.717) is 0 Å². The average Bonchev–Trinajstić information content (AvgIpc) is 2.56. The Hall–Kier alpha value is -1.84. The number of unbranched alkanes of at least 4 members (excludes halogenated alkanes) is 9. The Morgan fingerprint density at radius 1 is 0.960 bits per heavy atom. The fourth-order valence-corrected chi connectivity index (χ4v) is 2.80. The van der Waals surface area contributed by atoms with Crippen LogP contribution in [0.15, 0.2) is 24.3 Å². The number of nitrogens with one attached hydrogen (secondary N) is 1. The average molecular weight is 349 g/mol. The molecule has 0 aliphatic heterocycles. The summed E-state index contributed by atoms with van der Waals surface area (Å²) >= 11 is 0. The van der Waals surface area contributed by atoms with Crippen LogP contribution in [0.3, 0.4) is 0 Å². The van der Waals surface area contributed by atoms with Crippen molar-refractivity contribution in [1.29, 1.82) is 5.41 Å². The zero-order valence-electron chi connectivity index (χ0n) is 16.0. The van der Waals surface area contributed by atoms with E-state index < -0.39 is 5.97 Å². The van der Waals surface area contributed by atoms with Gasteiger partial charge in [0.15, 0.2) is 0 Å². The summed E-state index contributed by atoms with van der Waals surface area (Å²) in [4.78, 5) is 9.00. The first kappa shape index (κ1) is 23.2. The summed E-state index contributed by atoms with van der Waals surface area (Å²) in [5, 5.41) is 15.0. The highest BCUT2D eigenvalue weighted by Gasteiger charge is 2.03. The highest BCUT2D eigenvalue weighted by atomic mass is 16.4. The number of carboxylic acids is 1. The van der Waals surface area contributed by atoms with Crippen molar-refractivity contribution < 1.29 is 9.90 Å². The molecule has 1 aromatic carbocycles. The van der Waals surface area contributed by atoms with Crippen LogP contribution in [-0.2, 0) is 11.2 Å². The molecule has 0 spiro atoms. The topological polar surface area (TPSA) is 87.2 Å². The first-order valence-corrected chi connectivity index (χ1v) is 9.60. The zero-order chi connectivity index (χ0) is 18.9. The molecule has 4 N–H and O–H groups in total. The minimum absolute atomic E-state index is 0.192. The van der Waals surface area contributed by atoms with E-state index in [9.17, 15) is 0 Å². The lowest BCUT2D eigenvalue weighted by atomic mass is 9.99. The maximum atomic E-state index is 9.00. The van der Waals surface area contributed by atoms with Crippen LogP contribution in [0.1, 0.15) is 89.2 Å². The highest BCUT2D eigenvalue weighted by molar-refractivity contribution is 5.96. The molecule has 0 fully saturated rings. The van der Waals surface area contributed by atoms with E-state index in [-0.39, 0.29) is 5.84 Å². The number of carbonyl (C=O) groups is 1. The van der Waals surface area contributed by atoms with Crippen molar-refractivity contribution in [2.45, 2.75) is 84.5 Å². The largest absolute Gasteiger partial charge is 0.481 e. The number of amidine groups is 1. The molecule has 0 heterocycles. The lowest BCUT2D eigenvalue weighted by molar-refractivity contribution is -0.134. The van der Waals surface area contributed by atoms with Gasteiger partial charge in [-0.3, -0.25) is 10.2 Å². The number of benzene rings is 1. The van der Waals surface area contributed by atoms with Crippen LogP contribution in [-0.4, -0.2) is 16.9 Å². The van der Waals surface area contributed by atoms with Gasteiger partial charge in [-0.2, -0.15) is 0 Å². The molecule has 1 rings (SSSR count). The number of hydrogen-bond donors (Lipinski definition) is 3. The number of aliphatic carboxylic acids is 1. The van der Waals surface area contributed by atoms with Crippen LogP contribution in [0.25, 0.3) is 0 Å². The van der Waals surface area contributed by atoms with Crippen LogP contribution < -0.4 is 5.73 Å². The monoisotopic (exact) mass is 348 g/mol. The predicted octanol–water partition coefficient (Wildman–Crippen LogP) is 5.52. The molecule has 4 nitrogen and oxygen atoms in total. The SMILES string of the molecule is CC(=O)O.CCCCCCCCCCCCc1ccccc1C(=N)N. The molecule has 0 radical (unpaired) electrons. The Balaban J connectivity index is 0.00000129. The Morgan fingerprint density at radius 3 is 1.88 bits per heavy atom. The minimum atomic E-state index is -0.833. The van der Waals surface area contributed by atoms with Crippen LogP contribution in [0, 0.1) is 5.41 Å². The van der Waals surface area contributed by atoms with Crippen molar-refractivity contribution >= 4 is 11.8 Å². The van der Waals surface area contributed by atoms with Gasteiger partial charge in [0, 0.05) is 12.5 Å². The third-order valence-corrected chi connectivity index (χ3v) is 4.11. The number of aryl methyl sites for hydroxylation is 1. The maximum Gasteiger partial charge on any atom is 0.300 e. The van der Waals surface area contributed by atoms with Crippen molar-refractivity contribution in [3.05, 3.63) is 35.4 Å². The van der Waals surface area contributed by atoms with E-state index in [1.165, 1.54) is 69.8 Å². The molecule has 142 valence electrons. The number of nitrogens with two attached hydrogens (primary N) is 1. The maximum absolute atomic E-state index is 9.00. The van der Waals surface area contributed by atoms with Crippen LogP contribution in [0.2, 0.25) is 0 Å². The lowest BCUT2D eigenvalue weighted by Gasteiger charge is -2.07. The van der Waals surface area contributed by atoms with Gasteiger partial charge in [0.05, 0.1) is 0 Å². The van der Waals surface area contributed by atoms with Gasteiger partial charge in [-0.25, -0.2) is 0 Å².